The smallest absolute Gasteiger partial charge is 0.374 e. The molecule has 1 fully saturated rings. The fourth-order valence-corrected chi connectivity index (χ4v) is 2.96. The minimum Gasteiger partial charge on any atom is -0.456 e. The van der Waals surface area contributed by atoms with Gasteiger partial charge in [0.05, 0.1) is 11.3 Å². The highest BCUT2D eigenvalue weighted by atomic mass is 16.6. The fraction of sp³-hybridized carbons (Fsp3) is 0.353. The summed E-state index contributed by atoms with van der Waals surface area (Å²) in [5.41, 5.74) is 5.38. The molecule has 3 rings (SSSR count). The summed E-state index contributed by atoms with van der Waals surface area (Å²) in [6.07, 6.45) is 2.37. The molecule has 2 aromatic rings. The summed E-state index contributed by atoms with van der Waals surface area (Å²) in [4.78, 5) is 35.8. The van der Waals surface area contributed by atoms with Crippen molar-refractivity contribution in [3.05, 3.63) is 46.3 Å². The van der Waals surface area contributed by atoms with E-state index in [2.05, 4.69) is 0 Å². The lowest BCUT2D eigenvalue weighted by molar-refractivity contribution is -0.127. The minimum atomic E-state index is -0.744. The van der Waals surface area contributed by atoms with Gasteiger partial charge in [-0.15, -0.1) is 0 Å². The van der Waals surface area contributed by atoms with Gasteiger partial charge in [0.15, 0.2) is 5.43 Å². The van der Waals surface area contributed by atoms with Gasteiger partial charge in [0.1, 0.15) is 11.7 Å². The third-order valence-corrected chi connectivity index (χ3v) is 4.16. The molecule has 1 saturated carbocycles. The topological polar surface area (TPSA) is 99.6 Å². The lowest BCUT2D eigenvalue weighted by atomic mass is 9.86. The molecule has 0 spiro atoms. The number of rotatable bonds is 3. The Labute approximate surface area is 132 Å². The van der Waals surface area contributed by atoms with Crippen molar-refractivity contribution in [3.63, 3.8) is 0 Å². The van der Waals surface area contributed by atoms with Gasteiger partial charge in [-0.2, -0.15) is 0 Å². The van der Waals surface area contributed by atoms with Crippen LogP contribution in [-0.4, -0.2) is 18.0 Å². The van der Waals surface area contributed by atoms with Crippen molar-refractivity contribution in [2.75, 3.05) is 0 Å². The third-order valence-electron chi connectivity index (χ3n) is 4.16. The highest BCUT2D eigenvalue weighted by Gasteiger charge is 2.33. The van der Waals surface area contributed by atoms with Gasteiger partial charge < -0.3 is 14.9 Å². The predicted molar refractivity (Wildman–Crippen MR) is 82.8 cm³/mol. The number of hydrogen-bond acceptors (Lipinski definition) is 5. The van der Waals surface area contributed by atoms with Crippen molar-refractivity contribution in [2.24, 2.45) is 11.7 Å². The third kappa shape index (κ3) is 3.11. The molecule has 0 aliphatic heterocycles. The number of nitrogens with two attached hydrogens (primary N) is 1. The van der Waals surface area contributed by atoms with Gasteiger partial charge >= 0.3 is 5.97 Å². The molecule has 120 valence electrons. The van der Waals surface area contributed by atoms with Crippen LogP contribution in [0.5, 0.6) is 0 Å². The Bertz CT molecular complexity index is 810. The van der Waals surface area contributed by atoms with Crippen molar-refractivity contribution in [2.45, 2.75) is 31.8 Å². The van der Waals surface area contributed by atoms with E-state index in [0.717, 1.165) is 18.9 Å². The molecule has 2 unspecified atom stereocenters. The highest BCUT2D eigenvalue weighted by molar-refractivity contribution is 5.89. The van der Waals surface area contributed by atoms with Crippen LogP contribution in [-0.2, 0) is 9.53 Å². The summed E-state index contributed by atoms with van der Waals surface area (Å²) in [7, 11) is 0. The largest absolute Gasteiger partial charge is 0.456 e. The van der Waals surface area contributed by atoms with Gasteiger partial charge in [0.25, 0.3) is 0 Å². The SMILES string of the molecule is NC(=O)C1CCCCC1OC(=O)c1cc(=O)c2ccccc2o1. The molecule has 1 aliphatic carbocycles. The summed E-state index contributed by atoms with van der Waals surface area (Å²) >= 11 is 0. The second kappa shape index (κ2) is 6.24. The van der Waals surface area contributed by atoms with Gasteiger partial charge in [-0.1, -0.05) is 18.6 Å². The van der Waals surface area contributed by atoms with E-state index in [0.29, 0.717) is 23.8 Å². The molecule has 23 heavy (non-hydrogen) atoms. The van der Waals surface area contributed by atoms with Gasteiger partial charge in [0, 0.05) is 6.07 Å². The number of para-hydroxylation sites is 1. The van der Waals surface area contributed by atoms with E-state index in [4.69, 9.17) is 14.9 Å². The Morgan fingerprint density at radius 1 is 1.17 bits per heavy atom. The molecule has 1 aromatic carbocycles. The summed E-state index contributed by atoms with van der Waals surface area (Å²) in [5, 5.41) is 0.400. The average Bonchev–Trinajstić information content (AvgIpc) is 2.55. The molecule has 0 saturated heterocycles. The van der Waals surface area contributed by atoms with Crippen LogP contribution in [0.1, 0.15) is 36.2 Å². The number of amides is 1. The van der Waals surface area contributed by atoms with Gasteiger partial charge in [-0.25, -0.2) is 4.79 Å². The lowest BCUT2D eigenvalue weighted by Crippen LogP contribution is -2.38. The Hall–Kier alpha value is -2.63. The quantitative estimate of drug-likeness (QED) is 0.873. The zero-order valence-electron chi connectivity index (χ0n) is 12.5. The number of primary amides is 1. The van der Waals surface area contributed by atoms with Crippen LogP contribution in [0.4, 0.5) is 0 Å². The fourth-order valence-electron chi connectivity index (χ4n) is 2.96. The molecule has 0 radical (unpaired) electrons. The monoisotopic (exact) mass is 315 g/mol. The number of esters is 1. The Morgan fingerprint density at radius 3 is 2.70 bits per heavy atom. The molecule has 1 aliphatic rings. The first-order valence-corrected chi connectivity index (χ1v) is 7.59. The van der Waals surface area contributed by atoms with E-state index in [1.807, 2.05) is 0 Å². The molecular formula is C17H17NO5. The van der Waals surface area contributed by atoms with E-state index in [-0.39, 0.29) is 11.2 Å². The summed E-state index contributed by atoms with van der Waals surface area (Å²) in [6, 6.07) is 7.79. The van der Waals surface area contributed by atoms with Gasteiger partial charge in [0.2, 0.25) is 11.7 Å². The van der Waals surface area contributed by atoms with Crippen molar-refractivity contribution in [1.29, 1.82) is 0 Å². The number of benzene rings is 1. The molecular weight excluding hydrogens is 298 g/mol. The van der Waals surface area contributed by atoms with Crippen molar-refractivity contribution >= 4 is 22.8 Å². The molecule has 2 N–H and O–H groups in total. The van der Waals surface area contributed by atoms with Crippen LogP contribution in [0.15, 0.2) is 39.5 Å². The highest BCUT2D eigenvalue weighted by Crippen LogP contribution is 2.27. The van der Waals surface area contributed by atoms with Crippen LogP contribution >= 0.6 is 0 Å². The molecule has 1 amide bonds. The second-order valence-corrected chi connectivity index (χ2v) is 5.71. The summed E-state index contributed by atoms with van der Waals surface area (Å²) in [6.45, 7) is 0. The van der Waals surface area contributed by atoms with Crippen molar-refractivity contribution in [3.8, 4) is 0 Å². The second-order valence-electron chi connectivity index (χ2n) is 5.71. The van der Waals surface area contributed by atoms with E-state index >= 15 is 0 Å². The maximum Gasteiger partial charge on any atom is 0.374 e. The maximum absolute atomic E-state index is 12.3. The number of fused-ring (bicyclic) bond motifs is 1. The van der Waals surface area contributed by atoms with Crippen LogP contribution in [0.3, 0.4) is 0 Å². The molecule has 0 bridgehead atoms. The first-order chi connectivity index (χ1) is 11.1. The molecule has 6 heteroatoms. The first-order valence-electron chi connectivity index (χ1n) is 7.59. The molecule has 1 heterocycles. The predicted octanol–water partition coefficient (Wildman–Crippen LogP) is 1.99. The van der Waals surface area contributed by atoms with Crippen molar-refractivity contribution < 1.29 is 18.7 Å². The van der Waals surface area contributed by atoms with E-state index in [1.54, 1.807) is 24.3 Å². The zero-order valence-corrected chi connectivity index (χ0v) is 12.5. The van der Waals surface area contributed by atoms with Gasteiger partial charge in [-0.05, 0) is 31.4 Å². The first kappa shape index (κ1) is 15.3. The Morgan fingerprint density at radius 2 is 1.91 bits per heavy atom. The van der Waals surface area contributed by atoms with Crippen LogP contribution in [0, 0.1) is 5.92 Å². The molecule has 6 nitrogen and oxygen atoms in total. The van der Waals surface area contributed by atoms with Crippen LogP contribution < -0.4 is 11.2 Å². The zero-order chi connectivity index (χ0) is 16.4. The Balaban J connectivity index is 1.85. The lowest BCUT2D eigenvalue weighted by Gasteiger charge is -2.28. The number of carbonyl (C=O) groups excluding carboxylic acids is 2. The Kier molecular flexibility index (Phi) is 4.14. The van der Waals surface area contributed by atoms with E-state index in [9.17, 15) is 14.4 Å². The van der Waals surface area contributed by atoms with Crippen molar-refractivity contribution in [1.82, 2.24) is 0 Å². The summed E-state index contributed by atoms with van der Waals surface area (Å²) < 4.78 is 10.8. The minimum absolute atomic E-state index is 0.164. The normalized spacial score (nSPS) is 21.0. The summed E-state index contributed by atoms with van der Waals surface area (Å²) in [5.74, 6) is -1.86. The standard InChI is InChI=1S/C17H17NO5/c18-16(20)11-6-2-4-8-14(11)23-17(21)15-9-12(19)10-5-1-3-7-13(10)22-15/h1,3,5,7,9,11,14H,2,4,6,8H2,(H2,18,20). The number of carbonyl (C=O) groups is 2. The maximum atomic E-state index is 12.3. The average molecular weight is 315 g/mol. The van der Waals surface area contributed by atoms with Crippen LogP contribution in [0.25, 0.3) is 11.0 Å². The van der Waals surface area contributed by atoms with E-state index < -0.39 is 23.9 Å². The molecule has 2 atom stereocenters. The van der Waals surface area contributed by atoms with E-state index in [1.165, 1.54) is 0 Å². The molecule has 1 aromatic heterocycles. The number of hydrogen-bond donors (Lipinski definition) is 1. The number of ether oxygens (including phenoxy) is 1. The van der Waals surface area contributed by atoms with Gasteiger partial charge in [-0.3, -0.25) is 9.59 Å². The van der Waals surface area contributed by atoms with Crippen LogP contribution in [0.2, 0.25) is 0 Å².